The first kappa shape index (κ1) is 17.5. The van der Waals surface area contributed by atoms with Gasteiger partial charge in [-0.2, -0.15) is 0 Å². The summed E-state index contributed by atoms with van der Waals surface area (Å²) in [6, 6.07) is 20.6. The lowest BCUT2D eigenvalue weighted by molar-refractivity contribution is 0.0270. The minimum atomic E-state index is -0.0532. The van der Waals surface area contributed by atoms with Gasteiger partial charge in [-0.05, 0) is 35.5 Å². The summed E-state index contributed by atoms with van der Waals surface area (Å²) >= 11 is 0. The van der Waals surface area contributed by atoms with Crippen molar-refractivity contribution in [2.75, 3.05) is 6.61 Å². The fourth-order valence-electron chi connectivity index (χ4n) is 2.82. The normalized spacial score (nSPS) is 13.5. The van der Waals surface area contributed by atoms with Gasteiger partial charge in [0.2, 0.25) is 0 Å². The van der Waals surface area contributed by atoms with Crippen LogP contribution in [0, 0.1) is 5.92 Å². The number of aliphatic hydroxyl groups is 1. The number of hydrogen-bond acceptors (Lipinski definition) is 2. The van der Waals surface area contributed by atoms with Crippen LogP contribution in [0.1, 0.15) is 24.5 Å². The van der Waals surface area contributed by atoms with Gasteiger partial charge in [0.15, 0.2) is 0 Å². The van der Waals surface area contributed by atoms with Crippen LogP contribution in [-0.4, -0.2) is 17.8 Å². The molecule has 0 aliphatic heterocycles. The van der Waals surface area contributed by atoms with Gasteiger partial charge < -0.3 is 9.84 Å². The van der Waals surface area contributed by atoms with Crippen molar-refractivity contribution in [3.63, 3.8) is 0 Å². The largest absolute Gasteiger partial charge is 0.396 e. The molecule has 122 valence electrons. The summed E-state index contributed by atoms with van der Waals surface area (Å²) in [5.74, 6) is 0.306. The van der Waals surface area contributed by atoms with Gasteiger partial charge in [0.1, 0.15) is 0 Å². The van der Waals surface area contributed by atoms with E-state index in [0.29, 0.717) is 18.9 Å². The highest BCUT2D eigenvalue weighted by Crippen LogP contribution is 2.23. The van der Waals surface area contributed by atoms with Crippen LogP contribution in [0.25, 0.3) is 0 Å². The molecular formula is C21H26O2. The average Bonchev–Trinajstić information content (AvgIpc) is 2.57. The van der Waals surface area contributed by atoms with E-state index in [-0.39, 0.29) is 12.7 Å². The lowest BCUT2D eigenvalue weighted by atomic mass is 9.90. The van der Waals surface area contributed by atoms with Crippen LogP contribution >= 0.6 is 0 Å². The molecule has 1 N–H and O–H groups in total. The lowest BCUT2D eigenvalue weighted by Gasteiger charge is -2.26. The maximum absolute atomic E-state index is 9.23. The quantitative estimate of drug-likeness (QED) is 0.696. The maximum Gasteiger partial charge on any atom is 0.0816 e. The van der Waals surface area contributed by atoms with Gasteiger partial charge in [-0.3, -0.25) is 0 Å². The molecule has 0 saturated carbocycles. The summed E-state index contributed by atoms with van der Waals surface area (Å²) < 4.78 is 6.17. The number of rotatable bonds is 9. The van der Waals surface area contributed by atoms with Crippen LogP contribution < -0.4 is 0 Å². The van der Waals surface area contributed by atoms with Gasteiger partial charge in [-0.15, -0.1) is 0 Å². The zero-order valence-corrected chi connectivity index (χ0v) is 13.8. The third-order valence-electron chi connectivity index (χ3n) is 4.02. The minimum absolute atomic E-state index is 0.0532. The molecule has 2 aromatic carbocycles. The van der Waals surface area contributed by atoms with E-state index in [9.17, 15) is 5.11 Å². The van der Waals surface area contributed by atoms with E-state index in [0.717, 1.165) is 17.6 Å². The van der Waals surface area contributed by atoms with Crippen LogP contribution in [0.2, 0.25) is 0 Å². The van der Waals surface area contributed by atoms with Gasteiger partial charge in [0.05, 0.1) is 12.7 Å². The molecule has 0 aliphatic rings. The van der Waals surface area contributed by atoms with Crippen molar-refractivity contribution in [3.8, 4) is 0 Å². The van der Waals surface area contributed by atoms with E-state index < -0.39 is 0 Å². The zero-order valence-electron chi connectivity index (χ0n) is 13.8. The topological polar surface area (TPSA) is 29.5 Å². The third-order valence-corrected chi connectivity index (χ3v) is 4.02. The lowest BCUT2D eigenvalue weighted by Crippen LogP contribution is -2.26. The van der Waals surface area contributed by atoms with E-state index in [1.165, 1.54) is 5.56 Å². The second-order valence-corrected chi connectivity index (χ2v) is 6.02. The molecule has 23 heavy (non-hydrogen) atoms. The van der Waals surface area contributed by atoms with Gasteiger partial charge in [-0.1, -0.05) is 74.2 Å². The second kappa shape index (κ2) is 9.29. The van der Waals surface area contributed by atoms with Crippen molar-refractivity contribution >= 4 is 0 Å². The molecule has 2 atom stereocenters. The van der Waals surface area contributed by atoms with Crippen LogP contribution in [-0.2, 0) is 17.8 Å². The van der Waals surface area contributed by atoms with E-state index in [2.05, 4.69) is 49.9 Å². The minimum Gasteiger partial charge on any atom is -0.396 e. The molecule has 0 heterocycles. The fourth-order valence-corrected chi connectivity index (χ4v) is 2.82. The van der Waals surface area contributed by atoms with Crippen molar-refractivity contribution in [2.24, 2.45) is 5.92 Å². The summed E-state index contributed by atoms with van der Waals surface area (Å²) in [4.78, 5) is 0. The van der Waals surface area contributed by atoms with Crippen LogP contribution in [0.3, 0.4) is 0 Å². The van der Waals surface area contributed by atoms with Crippen molar-refractivity contribution in [2.45, 2.75) is 32.5 Å². The first-order valence-corrected chi connectivity index (χ1v) is 8.18. The Bertz CT molecular complexity index is 577. The molecule has 2 aromatic rings. The predicted molar refractivity (Wildman–Crippen MR) is 95.2 cm³/mol. The van der Waals surface area contributed by atoms with E-state index in [1.54, 1.807) is 0 Å². The Balaban J connectivity index is 2.02. The molecule has 2 nitrogen and oxygen atoms in total. The van der Waals surface area contributed by atoms with Crippen molar-refractivity contribution in [1.82, 2.24) is 0 Å². The smallest absolute Gasteiger partial charge is 0.0816 e. The van der Waals surface area contributed by atoms with E-state index >= 15 is 0 Å². The fraction of sp³-hybridized carbons (Fsp3) is 0.333. The molecule has 0 saturated heterocycles. The molecule has 0 spiro atoms. The monoisotopic (exact) mass is 310 g/mol. The Kier molecular flexibility index (Phi) is 7.05. The van der Waals surface area contributed by atoms with Crippen molar-refractivity contribution in [1.29, 1.82) is 0 Å². The zero-order chi connectivity index (χ0) is 16.5. The van der Waals surface area contributed by atoms with Gasteiger partial charge in [0, 0.05) is 6.61 Å². The van der Waals surface area contributed by atoms with Gasteiger partial charge >= 0.3 is 0 Å². The first-order chi connectivity index (χ1) is 11.2. The van der Waals surface area contributed by atoms with Crippen molar-refractivity contribution < 1.29 is 9.84 Å². The predicted octanol–water partition coefficient (Wildman–Crippen LogP) is 4.39. The Morgan fingerprint density at radius 3 is 2.13 bits per heavy atom. The molecule has 0 unspecified atom stereocenters. The first-order valence-electron chi connectivity index (χ1n) is 8.18. The van der Waals surface area contributed by atoms with Crippen LogP contribution in [0.15, 0.2) is 72.8 Å². The Hall–Kier alpha value is -1.90. The Morgan fingerprint density at radius 1 is 1.00 bits per heavy atom. The SMILES string of the molecule is C=C(CCO)[C@@H](OCc1ccccc1)[C@H](C)Cc1ccccc1. The number of hydrogen-bond donors (Lipinski definition) is 1. The molecule has 0 bridgehead atoms. The third kappa shape index (κ3) is 5.66. The van der Waals surface area contributed by atoms with Crippen LogP contribution in [0.5, 0.6) is 0 Å². The molecule has 0 radical (unpaired) electrons. The summed E-state index contributed by atoms with van der Waals surface area (Å²) in [6.07, 6.45) is 1.46. The Morgan fingerprint density at radius 2 is 1.57 bits per heavy atom. The van der Waals surface area contributed by atoms with Crippen LogP contribution in [0.4, 0.5) is 0 Å². The van der Waals surface area contributed by atoms with Gasteiger partial charge in [-0.25, -0.2) is 0 Å². The molecule has 2 heteroatoms. The highest BCUT2D eigenvalue weighted by molar-refractivity contribution is 5.17. The second-order valence-electron chi connectivity index (χ2n) is 6.02. The summed E-state index contributed by atoms with van der Waals surface area (Å²) in [5, 5.41) is 9.23. The molecule has 0 fully saturated rings. The number of aliphatic hydroxyl groups excluding tert-OH is 1. The van der Waals surface area contributed by atoms with E-state index in [1.807, 2.05) is 24.3 Å². The Labute approximate surface area is 139 Å². The summed E-state index contributed by atoms with van der Waals surface area (Å²) in [5.41, 5.74) is 3.41. The number of ether oxygens (including phenoxy) is 1. The van der Waals surface area contributed by atoms with E-state index in [4.69, 9.17) is 4.74 Å². The highest BCUT2D eigenvalue weighted by atomic mass is 16.5. The molecule has 0 aliphatic carbocycles. The highest BCUT2D eigenvalue weighted by Gasteiger charge is 2.21. The summed E-state index contributed by atoms with van der Waals surface area (Å²) in [7, 11) is 0. The summed E-state index contributed by atoms with van der Waals surface area (Å²) in [6.45, 7) is 7.00. The van der Waals surface area contributed by atoms with Crippen molar-refractivity contribution in [3.05, 3.63) is 83.9 Å². The standard InChI is InChI=1S/C21H26O2/c1-17(13-14-22)21(23-16-20-11-7-4-8-12-20)18(2)15-19-9-5-3-6-10-19/h3-12,18,21-22H,1,13-16H2,2H3/t18-,21-/m1/s1. The molecule has 0 aromatic heterocycles. The maximum atomic E-state index is 9.23. The molecule has 0 amide bonds. The molecular weight excluding hydrogens is 284 g/mol. The average molecular weight is 310 g/mol. The number of benzene rings is 2. The molecule has 2 rings (SSSR count). The van der Waals surface area contributed by atoms with Gasteiger partial charge in [0.25, 0.3) is 0 Å².